The molecule has 0 amide bonds. The summed E-state index contributed by atoms with van der Waals surface area (Å²) in [5, 5.41) is 4.83. The van der Waals surface area contributed by atoms with Crippen molar-refractivity contribution in [3.8, 4) is 11.5 Å². The minimum atomic E-state index is 0.518. The van der Waals surface area contributed by atoms with Crippen molar-refractivity contribution in [3.63, 3.8) is 0 Å². The Kier molecular flexibility index (Phi) is 4.14. The Hall–Kier alpha value is -1.96. The molecule has 1 atom stereocenters. The van der Waals surface area contributed by atoms with Gasteiger partial charge in [0.05, 0.1) is 0 Å². The van der Waals surface area contributed by atoms with Crippen molar-refractivity contribution in [2.24, 2.45) is 0 Å². The zero-order valence-corrected chi connectivity index (χ0v) is 12.8. The minimum Gasteiger partial charge on any atom is -0.453 e. The second-order valence-corrected chi connectivity index (χ2v) is 5.77. The van der Waals surface area contributed by atoms with Crippen molar-refractivity contribution in [2.45, 2.75) is 45.4 Å². The van der Waals surface area contributed by atoms with Gasteiger partial charge in [-0.25, -0.2) is 5.32 Å². The maximum Gasteiger partial charge on any atom is 0.153 e. The van der Waals surface area contributed by atoms with Crippen molar-refractivity contribution >= 4 is 11.4 Å². The summed E-state index contributed by atoms with van der Waals surface area (Å²) in [5.74, 6) is 2.25. The van der Waals surface area contributed by atoms with E-state index >= 15 is 0 Å². The molecule has 0 aromatic heterocycles. The summed E-state index contributed by atoms with van der Waals surface area (Å²) < 4.78 is 6.00. The van der Waals surface area contributed by atoms with E-state index in [2.05, 4.69) is 26.0 Å². The summed E-state index contributed by atoms with van der Waals surface area (Å²) >= 11 is 0. The molecule has 1 radical (unpaired) electrons. The Morgan fingerprint density at radius 3 is 2.67 bits per heavy atom. The van der Waals surface area contributed by atoms with E-state index in [0.29, 0.717) is 5.92 Å². The Labute approximate surface area is 127 Å². The number of unbranched alkanes of at least 4 members (excludes halogenated alkanes) is 2. The summed E-state index contributed by atoms with van der Waals surface area (Å²) in [6, 6.07) is 14.2. The fraction of sp³-hybridized carbons (Fsp3) is 0.368. The predicted molar refractivity (Wildman–Crippen MR) is 87.0 cm³/mol. The molecule has 109 valence electrons. The summed E-state index contributed by atoms with van der Waals surface area (Å²) in [6.07, 6.45) is 5.05. The first kappa shape index (κ1) is 14.0. The molecule has 0 fully saturated rings. The molecule has 0 N–H and O–H groups in total. The van der Waals surface area contributed by atoms with Crippen molar-refractivity contribution in [1.29, 1.82) is 0 Å². The second kappa shape index (κ2) is 6.21. The summed E-state index contributed by atoms with van der Waals surface area (Å²) in [7, 11) is 0. The van der Waals surface area contributed by atoms with Gasteiger partial charge in [-0.1, -0.05) is 57.4 Å². The lowest BCUT2D eigenvalue weighted by Crippen LogP contribution is -2.06. The Bertz CT molecular complexity index is 621. The molecule has 1 aliphatic rings. The van der Waals surface area contributed by atoms with E-state index < -0.39 is 0 Å². The van der Waals surface area contributed by atoms with Gasteiger partial charge in [0.1, 0.15) is 11.4 Å². The molecule has 0 bridgehead atoms. The first-order valence-corrected chi connectivity index (χ1v) is 7.91. The fourth-order valence-electron chi connectivity index (χ4n) is 2.87. The van der Waals surface area contributed by atoms with Gasteiger partial charge >= 0.3 is 0 Å². The van der Waals surface area contributed by atoms with Crippen LogP contribution < -0.4 is 10.1 Å². The average Bonchev–Trinajstić information content (AvgIpc) is 2.52. The Morgan fingerprint density at radius 2 is 1.81 bits per heavy atom. The van der Waals surface area contributed by atoms with Crippen molar-refractivity contribution < 1.29 is 4.74 Å². The molecule has 0 aliphatic carbocycles. The standard InChI is InChI=1S/C19H22NO/c1-3-4-5-9-14(2)15-10-8-13-18-19(15)20-16-11-6-7-12-17(16)21-18/h6-8,10-14H,3-5,9H2,1-2H3. The molecule has 2 aromatic carbocycles. The molecule has 0 saturated carbocycles. The maximum absolute atomic E-state index is 6.00. The van der Waals surface area contributed by atoms with Gasteiger partial charge in [-0.15, -0.1) is 0 Å². The molecular formula is C19H22NO. The first-order chi connectivity index (χ1) is 10.3. The number of benzene rings is 2. The van der Waals surface area contributed by atoms with Crippen LogP contribution in [0.25, 0.3) is 0 Å². The van der Waals surface area contributed by atoms with Crippen molar-refractivity contribution in [3.05, 3.63) is 48.0 Å². The lowest BCUT2D eigenvalue weighted by molar-refractivity contribution is 0.468. The topological polar surface area (TPSA) is 23.3 Å². The van der Waals surface area contributed by atoms with E-state index in [9.17, 15) is 0 Å². The molecule has 1 aliphatic heterocycles. The average molecular weight is 280 g/mol. The van der Waals surface area contributed by atoms with Crippen LogP contribution in [-0.4, -0.2) is 0 Å². The van der Waals surface area contributed by atoms with Crippen LogP contribution in [0.1, 0.15) is 51.0 Å². The molecule has 1 unspecified atom stereocenters. The summed E-state index contributed by atoms with van der Waals surface area (Å²) in [5.41, 5.74) is 3.25. The molecule has 2 aromatic rings. The van der Waals surface area contributed by atoms with Crippen LogP contribution in [0.5, 0.6) is 11.5 Å². The van der Waals surface area contributed by atoms with Gasteiger partial charge in [-0.05, 0) is 36.1 Å². The molecule has 21 heavy (non-hydrogen) atoms. The lowest BCUT2D eigenvalue weighted by Gasteiger charge is -2.24. The van der Waals surface area contributed by atoms with Gasteiger partial charge in [0.15, 0.2) is 11.5 Å². The zero-order chi connectivity index (χ0) is 14.7. The number of para-hydroxylation sites is 3. The number of rotatable bonds is 5. The van der Waals surface area contributed by atoms with Gasteiger partial charge < -0.3 is 4.74 Å². The maximum atomic E-state index is 6.00. The third-order valence-corrected chi connectivity index (χ3v) is 4.12. The quantitative estimate of drug-likeness (QED) is 0.522. The molecule has 2 heteroatoms. The van der Waals surface area contributed by atoms with Gasteiger partial charge in [-0.3, -0.25) is 0 Å². The van der Waals surface area contributed by atoms with E-state index in [1.165, 1.54) is 31.2 Å². The van der Waals surface area contributed by atoms with Gasteiger partial charge in [0.2, 0.25) is 0 Å². The number of nitrogens with zero attached hydrogens (tertiary/aromatic N) is 1. The van der Waals surface area contributed by atoms with E-state index in [0.717, 1.165) is 22.9 Å². The second-order valence-electron chi connectivity index (χ2n) is 5.77. The third kappa shape index (κ3) is 2.90. The summed E-state index contributed by atoms with van der Waals surface area (Å²) in [6.45, 7) is 4.54. The highest BCUT2D eigenvalue weighted by atomic mass is 16.5. The molecular weight excluding hydrogens is 258 g/mol. The monoisotopic (exact) mass is 280 g/mol. The van der Waals surface area contributed by atoms with Crippen LogP contribution >= 0.6 is 0 Å². The Morgan fingerprint density at radius 1 is 1.00 bits per heavy atom. The predicted octanol–water partition coefficient (Wildman–Crippen LogP) is 6.04. The van der Waals surface area contributed by atoms with Gasteiger partial charge in [-0.2, -0.15) is 0 Å². The molecule has 3 rings (SSSR count). The zero-order valence-electron chi connectivity index (χ0n) is 12.8. The van der Waals surface area contributed by atoms with Crippen LogP contribution in [-0.2, 0) is 0 Å². The number of fused-ring (bicyclic) bond motifs is 2. The highest BCUT2D eigenvalue weighted by Gasteiger charge is 2.22. The lowest BCUT2D eigenvalue weighted by atomic mass is 9.93. The highest BCUT2D eigenvalue weighted by molar-refractivity contribution is 5.70. The van der Waals surface area contributed by atoms with E-state index in [1.807, 2.05) is 30.3 Å². The number of hydrogen-bond acceptors (Lipinski definition) is 1. The highest BCUT2D eigenvalue weighted by Crippen LogP contribution is 2.45. The Balaban J connectivity index is 1.85. The van der Waals surface area contributed by atoms with Gasteiger partial charge in [0.25, 0.3) is 0 Å². The SMILES string of the molecule is CCCCCC(C)c1cccc2c1[N]c1ccccc1O2. The van der Waals surface area contributed by atoms with Crippen LogP contribution in [0, 0.1) is 0 Å². The van der Waals surface area contributed by atoms with Gasteiger partial charge in [0, 0.05) is 0 Å². The largest absolute Gasteiger partial charge is 0.453 e. The van der Waals surface area contributed by atoms with E-state index in [-0.39, 0.29) is 0 Å². The van der Waals surface area contributed by atoms with E-state index in [4.69, 9.17) is 10.1 Å². The number of hydrogen-bond donors (Lipinski definition) is 0. The number of ether oxygens (including phenoxy) is 1. The minimum absolute atomic E-state index is 0.518. The molecule has 0 spiro atoms. The first-order valence-electron chi connectivity index (χ1n) is 7.91. The van der Waals surface area contributed by atoms with Crippen molar-refractivity contribution in [2.75, 3.05) is 0 Å². The molecule has 2 nitrogen and oxygen atoms in total. The molecule has 1 heterocycles. The third-order valence-electron chi connectivity index (χ3n) is 4.12. The molecule has 0 saturated heterocycles. The smallest absolute Gasteiger partial charge is 0.153 e. The summed E-state index contributed by atoms with van der Waals surface area (Å²) in [4.78, 5) is 0. The van der Waals surface area contributed by atoms with E-state index in [1.54, 1.807) is 0 Å². The fourth-order valence-corrected chi connectivity index (χ4v) is 2.87. The van der Waals surface area contributed by atoms with Crippen LogP contribution in [0.2, 0.25) is 0 Å². The van der Waals surface area contributed by atoms with Crippen LogP contribution in [0.3, 0.4) is 0 Å². The van der Waals surface area contributed by atoms with Crippen molar-refractivity contribution in [1.82, 2.24) is 5.32 Å². The normalized spacial score (nSPS) is 13.6. The van der Waals surface area contributed by atoms with Crippen LogP contribution in [0.4, 0.5) is 11.4 Å². The van der Waals surface area contributed by atoms with Crippen LogP contribution in [0.15, 0.2) is 42.5 Å².